The van der Waals surface area contributed by atoms with Crippen LogP contribution in [-0.2, 0) is 20.8 Å². The second-order valence-electron chi connectivity index (χ2n) is 7.55. The largest absolute Gasteiger partial charge is 0.355 e. The van der Waals surface area contributed by atoms with Crippen LogP contribution < -0.4 is 5.32 Å². The van der Waals surface area contributed by atoms with Crippen LogP contribution in [0.4, 0.5) is 4.39 Å². The van der Waals surface area contributed by atoms with E-state index in [1.807, 2.05) is 4.90 Å². The minimum atomic E-state index is -0.261. The second-order valence-corrected chi connectivity index (χ2v) is 7.55. The molecule has 0 radical (unpaired) electrons. The molecule has 0 aliphatic carbocycles. The summed E-state index contributed by atoms with van der Waals surface area (Å²) in [5.41, 5.74) is 0.583. The first kappa shape index (κ1) is 20.3. The quantitative estimate of drug-likeness (QED) is 0.736. The van der Waals surface area contributed by atoms with Crippen LogP contribution in [0.5, 0.6) is 0 Å². The summed E-state index contributed by atoms with van der Waals surface area (Å²) in [5.74, 6) is -0.307. The van der Waals surface area contributed by atoms with Gasteiger partial charge in [-0.15, -0.1) is 0 Å². The van der Waals surface area contributed by atoms with E-state index >= 15 is 0 Å². The molecular formula is C21H28FN3O3. The Hall–Kier alpha value is -2.44. The van der Waals surface area contributed by atoms with Crippen molar-refractivity contribution in [2.45, 2.75) is 38.5 Å². The molecule has 3 amide bonds. The minimum absolute atomic E-state index is 0.0724. The standard InChI is InChI=1S/C21H28FN3O3/c22-18-6-2-1-5-16(18)10-11-23-21(28)17-8-9-20(27)25(15-17)14-4-13-24-12-3-7-19(24)26/h1-2,5-6,17H,3-4,7-15H2,(H,23,28). The normalized spacial score (nSPS) is 20.0. The number of halogens is 1. The zero-order valence-corrected chi connectivity index (χ0v) is 16.2. The van der Waals surface area contributed by atoms with Gasteiger partial charge in [-0.05, 0) is 37.3 Å². The van der Waals surface area contributed by atoms with Gasteiger partial charge in [0.2, 0.25) is 17.7 Å². The molecule has 2 heterocycles. The van der Waals surface area contributed by atoms with Crippen molar-refractivity contribution in [3.63, 3.8) is 0 Å². The summed E-state index contributed by atoms with van der Waals surface area (Å²) in [7, 11) is 0. The van der Waals surface area contributed by atoms with Gasteiger partial charge in [0.15, 0.2) is 0 Å². The number of carbonyl (C=O) groups is 3. The summed E-state index contributed by atoms with van der Waals surface area (Å²) in [5, 5.41) is 2.87. The second kappa shape index (κ2) is 9.66. The van der Waals surface area contributed by atoms with Gasteiger partial charge in [-0.3, -0.25) is 14.4 Å². The van der Waals surface area contributed by atoms with Crippen molar-refractivity contribution in [3.8, 4) is 0 Å². The van der Waals surface area contributed by atoms with Crippen molar-refractivity contribution in [1.82, 2.24) is 15.1 Å². The highest BCUT2D eigenvalue weighted by molar-refractivity contribution is 5.83. The number of amides is 3. The van der Waals surface area contributed by atoms with Crippen LogP contribution in [0.2, 0.25) is 0 Å². The average molecular weight is 389 g/mol. The Morgan fingerprint density at radius 3 is 2.61 bits per heavy atom. The monoisotopic (exact) mass is 389 g/mol. The highest BCUT2D eigenvalue weighted by atomic mass is 19.1. The number of carbonyl (C=O) groups excluding carboxylic acids is 3. The number of piperidine rings is 1. The lowest BCUT2D eigenvalue weighted by atomic mass is 9.96. The lowest BCUT2D eigenvalue weighted by molar-refractivity contribution is -0.138. The van der Waals surface area contributed by atoms with E-state index in [4.69, 9.17) is 0 Å². The van der Waals surface area contributed by atoms with Crippen LogP contribution in [-0.4, -0.2) is 60.2 Å². The van der Waals surface area contributed by atoms with Crippen LogP contribution in [0.15, 0.2) is 24.3 Å². The summed E-state index contributed by atoms with van der Waals surface area (Å²) < 4.78 is 13.6. The van der Waals surface area contributed by atoms with Crippen molar-refractivity contribution in [1.29, 1.82) is 0 Å². The fourth-order valence-electron chi connectivity index (χ4n) is 3.90. The van der Waals surface area contributed by atoms with Crippen molar-refractivity contribution in [2.24, 2.45) is 5.92 Å². The van der Waals surface area contributed by atoms with Gasteiger partial charge in [-0.1, -0.05) is 18.2 Å². The van der Waals surface area contributed by atoms with Gasteiger partial charge < -0.3 is 15.1 Å². The highest BCUT2D eigenvalue weighted by Gasteiger charge is 2.30. The molecule has 0 saturated carbocycles. The molecule has 7 heteroatoms. The molecule has 152 valence electrons. The Balaban J connectivity index is 1.41. The van der Waals surface area contributed by atoms with Gasteiger partial charge >= 0.3 is 0 Å². The lowest BCUT2D eigenvalue weighted by Crippen LogP contribution is -2.46. The molecule has 2 aliphatic heterocycles. The van der Waals surface area contributed by atoms with E-state index in [-0.39, 0.29) is 29.5 Å². The minimum Gasteiger partial charge on any atom is -0.355 e. The lowest BCUT2D eigenvalue weighted by Gasteiger charge is -2.32. The van der Waals surface area contributed by atoms with Gasteiger partial charge in [-0.2, -0.15) is 0 Å². The predicted molar refractivity (Wildman–Crippen MR) is 103 cm³/mol. The summed E-state index contributed by atoms with van der Waals surface area (Å²) in [6.45, 7) is 2.84. The van der Waals surface area contributed by atoms with Crippen LogP contribution in [0.3, 0.4) is 0 Å². The van der Waals surface area contributed by atoms with Crippen LogP contribution >= 0.6 is 0 Å². The predicted octanol–water partition coefficient (Wildman–Crippen LogP) is 1.74. The maximum absolute atomic E-state index is 13.6. The zero-order chi connectivity index (χ0) is 19.9. The Kier molecular flexibility index (Phi) is 7.01. The van der Waals surface area contributed by atoms with Crippen molar-refractivity contribution in [3.05, 3.63) is 35.6 Å². The number of benzene rings is 1. The zero-order valence-electron chi connectivity index (χ0n) is 16.2. The number of hydrogen-bond acceptors (Lipinski definition) is 3. The third kappa shape index (κ3) is 5.30. The molecule has 0 spiro atoms. The summed E-state index contributed by atoms with van der Waals surface area (Å²) in [6, 6.07) is 6.55. The van der Waals surface area contributed by atoms with Crippen molar-refractivity contribution in [2.75, 3.05) is 32.7 Å². The fraction of sp³-hybridized carbons (Fsp3) is 0.571. The molecule has 1 aromatic carbocycles. The van der Waals surface area contributed by atoms with E-state index in [1.165, 1.54) is 6.07 Å². The van der Waals surface area contributed by atoms with Crippen molar-refractivity contribution < 1.29 is 18.8 Å². The maximum Gasteiger partial charge on any atom is 0.224 e. The Bertz CT molecular complexity index is 725. The van der Waals surface area contributed by atoms with Gasteiger partial charge in [0.25, 0.3) is 0 Å². The first-order chi connectivity index (χ1) is 13.5. The van der Waals surface area contributed by atoms with Crippen molar-refractivity contribution >= 4 is 17.7 Å². The van der Waals surface area contributed by atoms with E-state index in [0.717, 1.165) is 19.4 Å². The molecule has 1 unspecified atom stereocenters. The molecule has 1 N–H and O–H groups in total. The fourth-order valence-corrected chi connectivity index (χ4v) is 3.90. The van der Waals surface area contributed by atoms with Crippen LogP contribution in [0.25, 0.3) is 0 Å². The molecule has 0 aromatic heterocycles. The summed E-state index contributed by atoms with van der Waals surface area (Å²) in [4.78, 5) is 39.9. The molecule has 1 aromatic rings. The molecule has 6 nitrogen and oxygen atoms in total. The van der Waals surface area contributed by atoms with E-state index in [2.05, 4.69) is 5.32 Å². The summed E-state index contributed by atoms with van der Waals surface area (Å²) in [6.07, 6.45) is 3.63. The third-order valence-electron chi connectivity index (χ3n) is 5.55. The number of likely N-dealkylation sites (tertiary alicyclic amines) is 2. The molecule has 2 fully saturated rings. The molecular weight excluding hydrogens is 361 g/mol. The van der Waals surface area contributed by atoms with E-state index < -0.39 is 0 Å². The van der Waals surface area contributed by atoms with Gasteiger partial charge in [0.05, 0.1) is 5.92 Å². The van der Waals surface area contributed by atoms with E-state index in [1.54, 1.807) is 23.1 Å². The Morgan fingerprint density at radius 1 is 1.11 bits per heavy atom. The van der Waals surface area contributed by atoms with Crippen LogP contribution in [0, 0.1) is 11.7 Å². The molecule has 3 rings (SSSR count). The molecule has 2 saturated heterocycles. The van der Waals surface area contributed by atoms with Gasteiger partial charge in [-0.25, -0.2) is 4.39 Å². The Labute approximate surface area is 165 Å². The van der Waals surface area contributed by atoms with Gasteiger partial charge in [0.1, 0.15) is 5.82 Å². The van der Waals surface area contributed by atoms with Gasteiger partial charge in [0, 0.05) is 45.6 Å². The number of nitrogens with zero attached hydrogens (tertiary/aromatic N) is 2. The third-order valence-corrected chi connectivity index (χ3v) is 5.55. The Morgan fingerprint density at radius 2 is 1.86 bits per heavy atom. The number of nitrogens with one attached hydrogen (secondary N) is 1. The highest BCUT2D eigenvalue weighted by Crippen LogP contribution is 2.19. The smallest absolute Gasteiger partial charge is 0.224 e. The average Bonchev–Trinajstić information content (AvgIpc) is 3.09. The molecule has 0 bridgehead atoms. The number of hydrogen-bond donors (Lipinski definition) is 1. The molecule has 2 aliphatic rings. The first-order valence-corrected chi connectivity index (χ1v) is 10.1. The van der Waals surface area contributed by atoms with Crippen LogP contribution in [0.1, 0.15) is 37.7 Å². The molecule has 28 heavy (non-hydrogen) atoms. The maximum atomic E-state index is 13.6. The topological polar surface area (TPSA) is 69.7 Å². The number of rotatable bonds is 8. The summed E-state index contributed by atoms with van der Waals surface area (Å²) >= 11 is 0. The SMILES string of the molecule is O=C(NCCc1ccccc1F)C1CCC(=O)N(CCCN2CCCC2=O)C1. The van der Waals surface area contributed by atoms with E-state index in [0.29, 0.717) is 57.4 Å². The van der Waals surface area contributed by atoms with E-state index in [9.17, 15) is 18.8 Å². The first-order valence-electron chi connectivity index (χ1n) is 10.1. The molecule has 1 atom stereocenters.